The molecule has 0 unspecified atom stereocenters. The summed E-state index contributed by atoms with van der Waals surface area (Å²) in [6.45, 7) is 5.48. The van der Waals surface area contributed by atoms with Crippen molar-refractivity contribution in [2.75, 3.05) is 0 Å². The van der Waals surface area contributed by atoms with E-state index in [0.717, 1.165) is 22.5 Å². The summed E-state index contributed by atoms with van der Waals surface area (Å²) in [5.74, 6) is 0.00403. The summed E-state index contributed by atoms with van der Waals surface area (Å²) >= 11 is 0. The normalized spacial score (nSPS) is 10.1. The topological polar surface area (TPSA) is 42.9 Å². The minimum Gasteiger partial charge on any atom is -0.295 e. The summed E-state index contributed by atoms with van der Waals surface area (Å²) in [5, 5.41) is 0. The number of hydrogen-bond donors (Lipinski definition) is 0. The minimum atomic E-state index is 0.00403. The van der Waals surface area contributed by atoms with Crippen LogP contribution in [-0.4, -0.2) is 15.8 Å². The molecule has 3 nitrogen and oxygen atoms in total. The van der Waals surface area contributed by atoms with Crippen LogP contribution >= 0.6 is 0 Å². The number of allylic oxidation sites excluding steroid dienone is 1. The molecule has 0 aliphatic heterocycles. The standard InChI is InChI=1S/C15H14N2O/c1-3-13(18)9-12-5-7-17-15(10-12)14-8-11(2)4-6-16-14/h3-8,10H,1,9H2,2H3. The first-order chi connectivity index (χ1) is 8.69. The van der Waals surface area contributed by atoms with E-state index in [1.165, 1.54) is 6.08 Å². The van der Waals surface area contributed by atoms with Crippen LogP contribution in [0.1, 0.15) is 11.1 Å². The fraction of sp³-hybridized carbons (Fsp3) is 0.133. The smallest absolute Gasteiger partial charge is 0.159 e. The molecule has 0 fully saturated rings. The zero-order valence-electron chi connectivity index (χ0n) is 10.3. The van der Waals surface area contributed by atoms with Crippen LogP contribution in [-0.2, 0) is 11.2 Å². The van der Waals surface area contributed by atoms with Gasteiger partial charge in [0.05, 0.1) is 11.4 Å². The maximum Gasteiger partial charge on any atom is 0.159 e. The Balaban J connectivity index is 2.32. The predicted octanol–water partition coefficient (Wildman–Crippen LogP) is 2.75. The van der Waals surface area contributed by atoms with Crippen molar-refractivity contribution in [3.8, 4) is 11.4 Å². The average Bonchev–Trinajstić information content (AvgIpc) is 2.39. The van der Waals surface area contributed by atoms with Gasteiger partial charge < -0.3 is 0 Å². The summed E-state index contributed by atoms with van der Waals surface area (Å²) in [7, 11) is 0. The van der Waals surface area contributed by atoms with Crippen molar-refractivity contribution >= 4 is 5.78 Å². The molecule has 2 heterocycles. The second-order valence-corrected chi connectivity index (χ2v) is 4.11. The zero-order valence-corrected chi connectivity index (χ0v) is 10.3. The molecule has 2 aromatic heterocycles. The van der Waals surface area contributed by atoms with E-state index in [1.54, 1.807) is 12.4 Å². The molecular weight excluding hydrogens is 224 g/mol. The van der Waals surface area contributed by atoms with Gasteiger partial charge in [0.1, 0.15) is 0 Å². The van der Waals surface area contributed by atoms with Gasteiger partial charge in [-0.2, -0.15) is 0 Å². The van der Waals surface area contributed by atoms with E-state index < -0.39 is 0 Å². The molecule has 0 N–H and O–H groups in total. The lowest BCUT2D eigenvalue weighted by Crippen LogP contribution is -1.99. The van der Waals surface area contributed by atoms with Crippen molar-refractivity contribution in [2.24, 2.45) is 0 Å². The van der Waals surface area contributed by atoms with E-state index >= 15 is 0 Å². The highest BCUT2D eigenvalue weighted by Crippen LogP contribution is 2.16. The lowest BCUT2D eigenvalue weighted by atomic mass is 10.1. The van der Waals surface area contributed by atoms with Crippen LogP contribution in [0.5, 0.6) is 0 Å². The number of aromatic nitrogens is 2. The van der Waals surface area contributed by atoms with Gasteiger partial charge in [0.15, 0.2) is 5.78 Å². The van der Waals surface area contributed by atoms with Crippen molar-refractivity contribution < 1.29 is 4.79 Å². The minimum absolute atomic E-state index is 0.00403. The fourth-order valence-electron chi connectivity index (χ4n) is 1.67. The number of carbonyl (C=O) groups is 1. The Morgan fingerprint density at radius 2 is 1.89 bits per heavy atom. The predicted molar refractivity (Wildman–Crippen MR) is 71.1 cm³/mol. The molecule has 0 saturated heterocycles. The molecule has 0 radical (unpaired) electrons. The Bertz CT molecular complexity index is 591. The van der Waals surface area contributed by atoms with Crippen LogP contribution < -0.4 is 0 Å². The fourth-order valence-corrected chi connectivity index (χ4v) is 1.67. The molecule has 0 atom stereocenters. The lowest BCUT2D eigenvalue weighted by molar-refractivity contribution is -0.114. The maximum absolute atomic E-state index is 11.3. The second kappa shape index (κ2) is 5.36. The molecule has 2 aromatic rings. The Hall–Kier alpha value is -2.29. The molecule has 0 bridgehead atoms. The summed E-state index contributed by atoms with van der Waals surface area (Å²) < 4.78 is 0. The third-order valence-corrected chi connectivity index (χ3v) is 2.61. The van der Waals surface area contributed by atoms with Crippen molar-refractivity contribution in [1.82, 2.24) is 9.97 Å². The van der Waals surface area contributed by atoms with Gasteiger partial charge in [-0.3, -0.25) is 14.8 Å². The molecule has 0 aliphatic rings. The number of ketones is 1. The number of rotatable bonds is 4. The van der Waals surface area contributed by atoms with Gasteiger partial charge in [-0.1, -0.05) is 6.58 Å². The monoisotopic (exact) mass is 238 g/mol. The quantitative estimate of drug-likeness (QED) is 0.769. The van der Waals surface area contributed by atoms with E-state index in [2.05, 4.69) is 16.5 Å². The third-order valence-electron chi connectivity index (χ3n) is 2.61. The SMILES string of the molecule is C=CC(=O)Cc1ccnc(-c2cc(C)ccn2)c1. The van der Waals surface area contributed by atoms with Crippen molar-refractivity contribution in [3.63, 3.8) is 0 Å². The van der Waals surface area contributed by atoms with Gasteiger partial charge in [0.25, 0.3) is 0 Å². The third kappa shape index (κ3) is 2.88. The molecule has 0 aliphatic carbocycles. The van der Waals surface area contributed by atoms with Crippen LogP contribution in [0.4, 0.5) is 0 Å². The molecule has 3 heteroatoms. The number of hydrogen-bond acceptors (Lipinski definition) is 3. The van der Waals surface area contributed by atoms with Crippen LogP contribution in [0.2, 0.25) is 0 Å². The van der Waals surface area contributed by atoms with Crippen molar-refractivity contribution in [1.29, 1.82) is 0 Å². The van der Waals surface area contributed by atoms with E-state index in [4.69, 9.17) is 0 Å². The lowest BCUT2D eigenvalue weighted by Gasteiger charge is -2.03. The van der Waals surface area contributed by atoms with Crippen LogP contribution in [0.25, 0.3) is 11.4 Å². The summed E-state index contributed by atoms with van der Waals surface area (Å²) in [4.78, 5) is 19.9. The summed E-state index contributed by atoms with van der Waals surface area (Å²) in [6.07, 6.45) is 5.15. The van der Waals surface area contributed by atoms with Crippen LogP contribution in [0, 0.1) is 6.92 Å². The first-order valence-corrected chi connectivity index (χ1v) is 5.72. The van der Waals surface area contributed by atoms with Crippen molar-refractivity contribution in [2.45, 2.75) is 13.3 Å². The Labute approximate surface area is 106 Å². The summed E-state index contributed by atoms with van der Waals surface area (Å²) in [5.41, 5.74) is 3.67. The molecule has 0 saturated carbocycles. The molecule has 0 spiro atoms. The van der Waals surface area contributed by atoms with Gasteiger partial charge >= 0.3 is 0 Å². The highest BCUT2D eigenvalue weighted by molar-refractivity contribution is 5.90. The highest BCUT2D eigenvalue weighted by Gasteiger charge is 2.04. The van der Waals surface area contributed by atoms with Gasteiger partial charge in [0.2, 0.25) is 0 Å². The van der Waals surface area contributed by atoms with Crippen LogP contribution in [0.15, 0.2) is 49.3 Å². The Morgan fingerprint density at radius 1 is 1.22 bits per heavy atom. The molecule has 0 amide bonds. The van der Waals surface area contributed by atoms with Gasteiger partial charge in [-0.15, -0.1) is 0 Å². The summed E-state index contributed by atoms with van der Waals surface area (Å²) in [6, 6.07) is 7.64. The van der Waals surface area contributed by atoms with E-state index in [9.17, 15) is 4.79 Å². The number of carbonyl (C=O) groups excluding carboxylic acids is 1. The Morgan fingerprint density at radius 3 is 2.56 bits per heavy atom. The largest absolute Gasteiger partial charge is 0.295 e. The number of aryl methyl sites for hydroxylation is 1. The van der Waals surface area contributed by atoms with E-state index in [-0.39, 0.29) is 5.78 Å². The van der Waals surface area contributed by atoms with Gasteiger partial charge in [-0.05, 0) is 48.4 Å². The molecule has 90 valence electrons. The number of pyridine rings is 2. The molecule has 0 aromatic carbocycles. The van der Waals surface area contributed by atoms with E-state index in [0.29, 0.717) is 6.42 Å². The Kier molecular flexibility index (Phi) is 3.63. The second-order valence-electron chi connectivity index (χ2n) is 4.11. The van der Waals surface area contributed by atoms with E-state index in [1.807, 2.05) is 31.2 Å². The first kappa shape index (κ1) is 12.2. The maximum atomic E-state index is 11.3. The molecule has 18 heavy (non-hydrogen) atoms. The van der Waals surface area contributed by atoms with Gasteiger partial charge in [-0.25, -0.2) is 0 Å². The van der Waals surface area contributed by atoms with Crippen LogP contribution in [0.3, 0.4) is 0 Å². The van der Waals surface area contributed by atoms with Gasteiger partial charge in [0, 0.05) is 18.8 Å². The highest BCUT2D eigenvalue weighted by atomic mass is 16.1. The average molecular weight is 238 g/mol. The molecule has 2 rings (SSSR count). The van der Waals surface area contributed by atoms with Crippen molar-refractivity contribution in [3.05, 3.63) is 60.4 Å². The molecular formula is C15H14N2O. The zero-order chi connectivity index (χ0) is 13.0. The first-order valence-electron chi connectivity index (χ1n) is 5.72. The number of nitrogens with zero attached hydrogens (tertiary/aromatic N) is 2.